The molecule has 2 aromatic rings. The van der Waals surface area contributed by atoms with E-state index in [2.05, 4.69) is 4.98 Å². The van der Waals surface area contributed by atoms with E-state index in [0.717, 1.165) is 23.2 Å². The molecule has 1 saturated heterocycles. The SMILES string of the molecule is Cc1nc([C@@H]2CCCN2S(=O)(=O)N(C)C)nc2c1CCC(=O)N2Cc1ccccc1. The molecule has 0 radical (unpaired) electrons. The van der Waals surface area contributed by atoms with Gasteiger partial charge in [0, 0.05) is 38.3 Å². The van der Waals surface area contributed by atoms with Gasteiger partial charge in [-0.25, -0.2) is 9.97 Å². The van der Waals surface area contributed by atoms with Crippen LogP contribution in [0.5, 0.6) is 0 Å². The Morgan fingerprint density at radius 3 is 2.57 bits per heavy atom. The second kappa shape index (κ2) is 8.05. The maximum atomic E-state index is 12.8. The fourth-order valence-corrected chi connectivity index (χ4v) is 5.47. The topological polar surface area (TPSA) is 86.7 Å². The van der Waals surface area contributed by atoms with Crippen molar-refractivity contribution in [2.24, 2.45) is 0 Å². The summed E-state index contributed by atoms with van der Waals surface area (Å²) in [6, 6.07) is 9.39. The van der Waals surface area contributed by atoms with E-state index < -0.39 is 16.3 Å². The molecule has 160 valence electrons. The molecule has 0 spiro atoms. The summed E-state index contributed by atoms with van der Waals surface area (Å²) in [5.74, 6) is 1.12. The number of amides is 1. The van der Waals surface area contributed by atoms with Gasteiger partial charge in [0.2, 0.25) is 5.91 Å². The summed E-state index contributed by atoms with van der Waals surface area (Å²) >= 11 is 0. The molecule has 2 aliphatic rings. The number of fused-ring (bicyclic) bond motifs is 1. The minimum Gasteiger partial charge on any atom is -0.292 e. The molecule has 1 amide bonds. The normalized spacial score (nSPS) is 20.1. The third kappa shape index (κ3) is 3.73. The van der Waals surface area contributed by atoms with Gasteiger partial charge < -0.3 is 0 Å². The van der Waals surface area contributed by atoms with Crippen molar-refractivity contribution in [2.75, 3.05) is 25.5 Å². The fraction of sp³-hybridized carbons (Fsp3) is 0.476. The van der Waals surface area contributed by atoms with Crippen LogP contribution in [-0.2, 0) is 28.0 Å². The third-order valence-corrected chi connectivity index (χ3v) is 7.75. The van der Waals surface area contributed by atoms with Crippen LogP contribution in [0.2, 0.25) is 0 Å². The number of carbonyl (C=O) groups is 1. The van der Waals surface area contributed by atoms with Crippen molar-refractivity contribution in [1.29, 1.82) is 0 Å². The van der Waals surface area contributed by atoms with E-state index in [-0.39, 0.29) is 5.91 Å². The maximum absolute atomic E-state index is 12.8. The third-order valence-electron chi connectivity index (χ3n) is 5.80. The van der Waals surface area contributed by atoms with Crippen LogP contribution in [0.3, 0.4) is 0 Å². The molecular formula is C21H27N5O3S. The zero-order valence-corrected chi connectivity index (χ0v) is 18.4. The van der Waals surface area contributed by atoms with E-state index in [1.54, 1.807) is 4.90 Å². The predicted octanol–water partition coefficient (Wildman–Crippen LogP) is 2.21. The standard InChI is InChI=1S/C21H27N5O3S/c1-15-17-11-12-19(27)25(14-16-8-5-4-6-9-16)21(17)23-20(22-15)18-10-7-13-26(18)30(28,29)24(2)3/h4-6,8-9,18H,7,10-14H2,1-3H3/t18-/m0/s1. The highest BCUT2D eigenvalue weighted by atomic mass is 32.2. The summed E-state index contributed by atoms with van der Waals surface area (Å²) in [6.45, 7) is 2.80. The van der Waals surface area contributed by atoms with Crippen molar-refractivity contribution in [2.45, 2.75) is 45.2 Å². The first kappa shape index (κ1) is 20.9. The van der Waals surface area contributed by atoms with Crippen molar-refractivity contribution < 1.29 is 13.2 Å². The van der Waals surface area contributed by atoms with Crippen LogP contribution in [0.25, 0.3) is 0 Å². The van der Waals surface area contributed by atoms with Crippen molar-refractivity contribution in [3.05, 3.63) is 53.0 Å². The highest BCUT2D eigenvalue weighted by Gasteiger charge is 2.39. The van der Waals surface area contributed by atoms with Gasteiger partial charge in [-0.05, 0) is 31.7 Å². The number of nitrogens with zero attached hydrogens (tertiary/aromatic N) is 5. The summed E-state index contributed by atoms with van der Waals surface area (Å²) in [6.07, 6.45) is 2.45. The average Bonchev–Trinajstić information content (AvgIpc) is 3.21. The van der Waals surface area contributed by atoms with E-state index in [1.165, 1.54) is 22.7 Å². The highest BCUT2D eigenvalue weighted by Crippen LogP contribution is 2.36. The molecule has 0 bridgehead atoms. The molecule has 9 heteroatoms. The first-order chi connectivity index (χ1) is 14.3. The first-order valence-corrected chi connectivity index (χ1v) is 11.6. The van der Waals surface area contributed by atoms with E-state index in [0.29, 0.717) is 44.0 Å². The number of anilines is 1. The Bertz CT molecular complexity index is 1060. The van der Waals surface area contributed by atoms with E-state index in [9.17, 15) is 13.2 Å². The van der Waals surface area contributed by atoms with E-state index in [1.807, 2.05) is 37.3 Å². The minimum atomic E-state index is -3.57. The summed E-state index contributed by atoms with van der Waals surface area (Å²) in [5.41, 5.74) is 2.80. The number of hydrogen-bond donors (Lipinski definition) is 0. The van der Waals surface area contributed by atoms with Crippen LogP contribution in [0.4, 0.5) is 5.82 Å². The Morgan fingerprint density at radius 2 is 1.87 bits per heavy atom. The summed E-state index contributed by atoms with van der Waals surface area (Å²) in [5, 5.41) is 0. The van der Waals surface area contributed by atoms with Gasteiger partial charge in [0.15, 0.2) is 0 Å². The number of benzene rings is 1. The molecule has 3 heterocycles. The molecule has 1 aromatic carbocycles. The van der Waals surface area contributed by atoms with Crippen LogP contribution in [0, 0.1) is 6.92 Å². The molecule has 2 aliphatic heterocycles. The minimum absolute atomic E-state index is 0.0274. The quantitative estimate of drug-likeness (QED) is 0.727. The Morgan fingerprint density at radius 1 is 1.13 bits per heavy atom. The van der Waals surface area contributed by atoms with Gasteiger partial charge in [0.05, 0.1) is 12.6 Å². The molecule has 0 N–H and O–H groups in total. The molecule has 0 aliphatic carbocycles. The van der Waals surface area contributed by atoms with Crippen LogP contribution >= 0.6 is 0 Å². The average molecular weight is 430 g/mol. The number of rotatable bonds is 5. The lowest BCUT2D eigenvalue weighted by Crippen LogP contribution is -2.40. The lowest BCUT2D eigenvalue weighted by Gasteiger charge is -2.31. The van der Waals surface area contributed by atoms with Crippen molar-refractivity contribution in [3.8, 4) is 0 Å². The van der Waals surface area contributed by atoms with Crippen LogP contribution < -0.4 is 4.90 Å². The van der Waals surface area contributed by atoms with Gasteiger partial charge in [-0.3, -0.25) is 9.69 Å². The second-order valence-electron chi connectivity index (χ2n) is 7.99. The van der Waals surface area contributed by atoms with Crippen LogP contribution in [0.1, 0.15) is 47.9 Å². The number of hydrogen-bond acceptors (Lipinski definition) is 5. The number of aromatic nitrogens is 2. The smallest absolute Gasteiger partial charge is 0.282 e. The lowest BCUT2D eigenvalue weighted by molar-refractivity contribution is -0.119. The highest BCUT2D eigenvalue weighted by molar-refractivity contribution is 7.86. The van der Waals surface area contributed by atoms with Gasteiger partial charge in [-0.1, -0.05) is 30.3 Å². The summed E-state index contributed by atoms with van der Waals surface area (Å²) in [4.78, 5) is 23.9. The molecule has 1 aromatic heterocycles. The molecule has 4 rings (SSSR count). The van der Waals surface area contributed by atoms with Gasteiger partial charge in [0.1, 0.15) is 11.6 Å². The van der Waals surface area contributed by atoms with Crippen molar-refractivity contribution >= 4 is 21.9 Å². The molecule has 1 fully saturated rings. The Labute approximate surface area is 177 Å². The Balaban J connectivity index is 1.74. The zero-order chi connectivity index (χ0) is 21.5. The van der Waals surface area contributed by atoms with Crippen molar-refractivity contribution in [1.82, 2.24) is 18.6 Å². The molecule has 1 atom stereocenters. The largest absolute Gasteiger partial charge is 0.292 e. The van der Waals surface area contributed by atoms with E-state index in [4.69, 9.17) is 4.98 Å². The van der Waals surface area contributed by atoms with Gasteiger partial charge in [-0.15, -0.1) is 0 Å². The predicted molar refractivity (Wildman–Crippen MR) is 114 cm³/mol. The molecular weight excluding hydrogens is 402 g/mol. The molecule has 0 saturated carbocycles. The Hall–Kier alpha value is -2.36. The molecule has 30 heavy (non-hydrogen) atoms. The fourth-order valence-electron chi connectivity index (χ4n) is 4.17. The number of aryl methyl sites for hydroxylation is 1. The van der Waals surface area contributed by atoms with E-state index >= 15 is 0 Å². The zero-order valence-electron chi connectivity index (χ0n) is 17.6. The first-order valence-electron chi connectivity index (χ1n) is 10.2. The van der Waals surface area contributed by atoms with Gasteiger partial charge in [0.25, 0.3) is 10.2 Å². The van der Waals surface area contributed by atoms with Gasteiger partial charge >= 0.3 is 0 Å². The monoisotopic (exact) mass is 429 g/mol. The number of carbonyl (C=O) groups excluding carboxylic acids is 1. The van der Waals surface area contributed by atoms with Crippen LogP contribution in [0.15, 0.2) is 30.3 Å². The second-order valence-corrected chi connectivity index (χ2v) is 10.1. The molecule has 0 unspecified atom stereocenters. The Kier molecular flexibility index (Phi) is 5.61. The maximum Gasteiger partial charge on any atom is 0.282 e. The lowest BCUT2D eigenvalue weighted by atomic mass is 10.0. The summed E-state index contributed by atoms with van der Waals surface area (Å²) in [7, 11) is -0.511. The van der Waals surface area contributed by atoms with Crippen molar-refractivity contribution in [3.63, 3.8) is 0 Å². The molecule has 8 nitrogen and oxygen atoms in total. The van der Waals surface area contributed by atoms with Crippen LogP contribution in [-0.4, -0.2) is 53.5 Å². The van der Waals surface area contributed by atoms with Gasteiger partial charge in [-0.2, -0.15) is 17.0 Å². The summed E-state index contributed by atoms with van der Waals surface area (Å²) < 4.78 is 28.3.